The molecule has 0 saturated carbocycles. The van der Waals surface area contributed by atoms with Gasteiger partial charge in [0.15, 0.2) is 0 Å². The summed E-state index contributed by atoms with van der Waals surface area (Å²) in [6, 6.07) is 5.85. The molecule has 0 radical (unpaired) electrons. The lowest BCUT2D eigenvalue weighted by molar-refractivity contribution is 0.221. The molecule has 1 fully saturated rings. The van der Waals surface area contributed by atoms with Gasteiger partial charge in [-0.1, -0.05) is 6.07 Å². The first kappa shape index (κ1) is 15.2. The highest BCUT2D eigenvalue weighted by molar-refractivity contribution is 9.10. The minimum absolute atomic E-state index is 0.475. The molecule has 2 aromatic rings. The molecule has 0 aliphatic carbocycles. The fraction of sp³-hybridized carbons (Fsp3) is 0.438. The average Bonchev–Trinajstić information content (AvgIpc) is 2.54. The van der Waals surface area contributed by atoms with E-state index in [0.717, 1.165) is 35.6 Å². The van der Waals surface area contributed by atoms with Crippen LogP contribution in [0.4, 0.5) is 5.95 Å². The van der Waals surface area contributed by atoms with Crippen LogP contribution in [0.2, 0.25) is 0 Å². The number of nitrogens with zero attached hydrogens (tertiary/aromatic N) is 4. The third kappa shape index (κ3) is 3.94. The maximum atomic E-state index is 5.84. The standard InChI is InChI=1S/C16H19BrN4O/c1-12-4-2-6-15(20-12)22-11-13-5-3-7-21(10-13)16-18-8-14(17)9-19-16/h2,4,6,8-9,13H,3,5,7,10-11H2,1H3. The molecule has 1 aliphatic rings. The van der Waals surface area contributed by atoms with Crippen molar-refractivity contribution < 1.29 is 4.74 Å². The zero-order chi connectivity index (χ0) is 15.4. The Bertz CT molecular complexity index is 620. The van der Waals surface area contributed by atoms with Gasteiger partial charge < -0.3 is 9.64 Å². The summed E-state index contributed by atoms with van der Waals surface area (Å²) in [5.74, 6) is 1.97. The molecular weight excluding hydrogens is 344 g/mol. The van der Waals surface area contributed by atoms with Gasteiger partial charge in [0, 0.05) is 43.2 Å². The van der Waals surface area contributed by atoms with Gasteiger partial charge in [-0.15, -0.1) is 0 Å². The highest BCUT2D eigenvalue weighted by Crippen LogP contribution is 2.21. The summed E-state index contributed by atoms with van der Waals surface area (Å²) >= 11 is 3.37. The lowest BCUT2D eigenvalue weighted by atomic mass is 9.99. The molecule has 2 aromatic heterocycles. The summed E-state index contributed by atoms with van der Waals surface area (Å²) in [7, 11) is 0. The molecular formula is C16H19BrN4O. The van der Waals surface area contributed by atoms with E-state index >= 15 is 0 Å². The Kier molecular flexibility index (Phi) is 4.87. The van der Waals surface area contributed by atoms with Crippen molar-refractivity contribution in [2.24, 2.45) is 5.92 Å². The molecule has 22 heavy (non-hydrogen) atoms. The van der Waals surface area contributed by atoms with Crippen molar-refractivity contribution in [3.8, 4) is 5.88 Å². The van der Waals surface area contributed by atoms with Crippen LogP contribution < -0.4 is 9.64 Å². The summed E-state index contributed by atoms with van der Waals surface area (Å²) in [4.78, 5) is 15.4. The molecule has 3 rings (SSSR count). The quantitative estimate of drug-likeness (QED) is 0.835. The summed E-state index contributed by atoms with van der Waals surface area (Å²) < 4.78 is 6.75. The van der Waals surface area contributed by atoms with Crippen LogP contribution in [0.5, 0.6) is 5.88 Å². The molecule has 116 valence electrons. The number of anilines is 1. The molecule has 6 heteroatoms. The number of halogens is 1. The van der Waals surface area contributed by atoms with Gasteiger partial charge in [-0.05, 0) is 41.8 Å². The molecule has 0 spiro atoms. The number of piperidine rings is 1. The Hall–Kier alpha value is -1.69. The van der Waals surface area contributed by atoms with E-state index in [4.69, 9.17) is 4.74 Å². The zero-order valence-electron chi connectivity index (χ0n) is 12.6. The first-order valence-corrected chi connectivity index (χ1v) is 8.29. The third-order valence-electron chi connectivity index (χ3n) is 3.74. The van der Waals surface area contributed by atoms with Gasteiger partial charge in [0.1, 0.15) is 0 Å². The Morgan fingerprint density at radius 3 is 2.91 bits per heavy atom. The highest BCUT2D eigenvalue weighted by atomic mass is 79.9. The smallest absolute Gasteiger partial charge is 0.225 e. The normalized spacial score (nSPS) is 18.3. The fourth-order valence-electron chi connectivity index (χ4n) is 2.65. The van der Waals surface area contributed by atoms with Crippen LogP contribution >= 0.6 is 15.9 Å². The first-order chi connectivity index (χ1) is 10.7. The predicted molar refractivity (Wildman–Crippen MR) is 89.1 cm³/mol. The Morgan fingerprint density at radius 1 is 1.32 bits per heavy atom. The van der Waals surface area contributed by atoms with E-state index in [-0.39, 0.29) is 0 Å². The van der Waals surface area contributed by atoms with E-state index in [2.05, 4.69) is 35.8 Å². The summed E-state index contributed by atoms with van der Waals surface area (Å²) in [6.45, 7) is 4.58. The largest absolute Gasteiger partial charge is 0.477 e. The number of aromatic nitrogens is 3. The van der Waals surface area contributed by atoms with Crippen LogP contribution in [0.1, 0.15) is 18.5 Å². The van der Waals surface area contributed by atoms with Crippen molar-refractivity contribution in [1.82, 2.24) is 15.0 Å². The van der Waals surface area contributed by atoms with E-state index < -0.39 is 0 Å². The molecule has 1 unspecified atom stereocenters. The maximum Gasteiger partial charge on any atom is 0.225 e. The van der Waals surface area contributed by atoms with Gasteiger partial charge >= 0.3 is 0 Å². The number of ether oxygens (including phenoxy) is 1. The summed E-state index contributed by atoms with van der Waals surface area (Å²) in [5, 5.41) is 0. The fourth-order valence-corrected chi connectivity index (χ4v) is 2.86. The molecule has 1 aliphatic heterocycles. The molecule has 1 atom stereocenters. The SMILES string of the molecule is Cc1cccc(OCC2CCCN(c3ncc(Br)cn3)C2)n1. The van der Waals surface area contributed by atoms with Gasteiger partial charge in [-0.2, -0.15) is 0 Å². The third-order valence-corrected chi connectivity index (χ3v) is 4.15. The van der Waals surface area contributed by atoms with Crippen LogP contribution in [0.15, 0.2) is 35.1 Å². The highest BCUT2D eigenvalue weighted by Gasteiger charge is 2.22. The lowest BCUT2D eigenvalue weighted by Crippen LogP contribution is -2.38. The molecule has 1 saturated heterocycles. The first-order valence-electron chi connectivity index (χ1n) is 7.49. The van der Waals surface area contributed by atoms with Crippen LogP contribution in [-0.2, 0) is 0 Å². The average molecular weight is 363 g/mol. The number of aryl methyl sites for hydroxylation is 1. The van der Waals surface area contributed by atoms with E-state index in [0.29, 0.717) is 18.4 Å². The van der Waals surface area contributed by atoms with Crippen molar-refractivity contribution >= 4 is 21.9 Å². The molecule has 3 heterocycles. The molecule has 0 aromatic carbocycles. The van der Waals surface area contributed by atoms with E-state index in [9.17, 15) is 0 Å². The minimum atomic E-state index is 0.475. The van der Waals surface area contributed by atoms with Gasteiger partial charge in [-0.25, -0.2) is 15.0 Å². The minimum Gasteiger partial charge on any atom is -0.477 e. The van der Waals surface area contributed by atoms with Crippen molar-refractivity contribution in [3.63, 3.8) is 0 Å². The van der Waals surface area contributed by atoms with Gasteiger partial charge in [0.05, 0.1) is 11.1 Å². The number of hydrogen-bond acceptors (Lipinski definition) is 5. The van der Waals surface area contributed by atoms with Gasteiger partial charge in [0.2, 0.25) is 11.8 Å². The van der Waals surface area contributed by atoms with Crippen LogP contribution in [0.3, 0.4) is 0 Å². The van der Waals surface area contributed by atoms with Crippen molar-refractivity contribution in [2.75, 3.05) is 24.6 Å². The van der Waals surface area contributed by atoms with E-state index in [1.165, 1.54) is 6.42 Å². The van der Waals surface area contributed by atoms with Crippen molar-refractivity contribution in [1.29, 1.82) is 0 Å². The Labute approximate surface area is 138 Å². The topological polar surface area (TPSA) is 51.1 Å². The van der Waals surface area contributed by atoms with E-state index in [1.807, 2.05) is 25.1 Å². The number of hydrogen-bond donors (Lipinski definition) is 0. The summed E-state index contributed by atoms with van der Waals surface area (Å²) in [6.07, 6.45) is 5.88. The Morgan fingerprint density at radius 2 is 2.14 bits per heavy atom. The summed E-state index contributed by atoms with van der Waals surface area (Å²) in [5.41, 5.74) is 0.978. The van der Waals surface area contributed by atoms with Crippen LogP contribution in [0, 0.1) is 12.8 Å². The monoisotopic (exact) mass is 362 g/mol. The second kappa shape index (κ2) is 7.05. The van der Waals surface area contributed by atoms with Crippen LogP contribution in [0.25, 0.3) is 0 Å². The Balaban J connectivity index is 1.57. The molecule has 5 nitrogen and oxygen atoms in total. The number of rotatable bonds is 4. The maximum absolute atomic E-state index is 5.84. The van der Waals surface area contributed by atoms with E-state index in [1.54, 1.807) is 12.4 Å². The van der Waals surface area contributed by atoms with Crippen LogP contribution in [-0.4, -0.2) is 34.6 Å². The van der Waals surface area contributed by atoms with Gasteiger partial charge in [0.25, 0.3) is 0 Å². The predicted octanol–water partition coefficient (Wildman–Crippen LogP) is 3.24. The van der Waals surface area contributed by atoms with Crippen molar-refractivity contribution in [3.05, 3.63) is 40.8 Å². The van der Waals surface area contributed by atoms with Gasteiger partial charge in [-0.3, -0.25) is 0 Å². The molecule has 0 amide bonds. The molecule has 0 bridgehead atoms. The zero-order valence-corrected chi connectivity index (χ0v) is 14.2. The number of pyridine rings is 1. The second-order valence-electron chi connectivity index (χ2n) is 5.58. The molecule has 0 N–H and O–H groups in total. The van der Waals surface area contributed by atoms with Crippen molar-refractivity contribution in [2.45, 2.75) is 19.8 Å². The second-order valence-corrected chi connectivity index (χ2v) is 6.50. The lowest BCUT2D eigenvalue weighted by Gasteiger charge is -2.32.